The van der Waals surface area contributed by atoms with Crippen LogP contribution in [0.4, 0.5) is 27.4 Å². The van der Waals surface area contributed by atoms with Gasteiger partial charge in [-0.25, -0.2) is 19.5 Å². The molecule has 0 unspecified atom stereocenters. The zero-order chi connectivity index (χ0) is 21.7. The van der Waals surface area contributed by atoms with Crippen LogP contribution in [0.15, 0.2) is 36.5 Å². The number of hydroxylamine groups is 1. The number of amides is 1. The maximum Gasteiger partial charge on any atom is 0.277 e. The van der Waals surface area contributed by atoms with E-state index in [1.165, 1.54) is 25.4 Å². The number of aryl methyl sites for hydroxylation is 2. The molecule has 0 saturated carbocycles. The van der Waals surface area contributed by atoms with Crippen LogP contribution in [0.25, 0.3) is 0 Å². The van der Waals surface area contributed by atoms with Crippen LogP contribution < -0.4 is 16.1 Å². The molecular weight excluding hydrogens is 411 g/mol. The lowest BCUT2D eigenvalue weighted by molar-refractivity contribution is 0.0538. The van der Waals surface area contributed by atoms with E-state index in [1.54, 1.807) is 6.07 Å². The van der Waals surface area contributed by atoms with Crippen molar-refractivity contribution in [1.29, 1.82) is 0 Å². The van der Waals surface area contributed by atoms with Gasteiger partial charge in [-0.1, -0.05) is 18.5 Å². The summed E-state index contributed by atoms with van der Waals surface area (Å²) in [7, 11) is 1.30. The fourth-order valence-electron chi connectivity index (χ4n) is 2.87. The van der Waals surface area contributed by atoms with Crippen molar-refractivity contribution >= 4 is 40.5 Å². The smallest absolute Gasteiger partial charge is 0.277 e. The number of hydrogen-bond donors (Lipinski definition) is 3. The number of rotatable bonds is 8. The van der Waals surface area contributed by atoms with Gasteiger partial charge >= 0.3 is 0 Å². The fraction of sp³-hybridized carbons (Fsp3) is 0.250. The highest BCUT2D eigenvalue weighted by atomic mass is 35.5. The van der Waals surface area contributed by atoms with Gasteiger partial charge < -0.3 is 10.6 Å². The zero-order valence-corrected chi connectivity index (χ0v) is 17.5. The van der Waals surface area contributed by atoms with Crippen molar-refractivity contribution in [2.45, 2.75) is 26.8 Å². The van der Waals surface area contributed by atoms with Crippen LogP contribution in [-0.2, 0) is 11.4 Å². The summed E-state index contributed by atoms with van der Waals surface area (Å²) in [5, 5.41) is 11.1. The molecular formula is C20H22ClFN6O2. The summed E-state index contributed by atoms with van der Waals surface area (Å²) in [6, 6.07) is 7.42. The van der Waals surface area contributed by atoms with Crippen LogP contribution in [0.1, 0.15) is 29.4 Å². The number of aromatic nitrogens is 3. The van der Waals surface area contributed by atoms with Crippen LogP contribution in [0.3, 0.4) is 0 Å². The van der Waals surface area contributed by atoms with E-state index in [4.69, 9.17) is 11.6 Å². The van der Waals surface area contributed by atoms with Gasteiger partial charge in [0.05, 0.1) is 41.0 Å². The number of nitrogens with one attached hydrogen (secondary N) is 3. The summed E-state index contributed by atoms with van der Waals surface area (Å²) in [4.78, 5) is 21.1. The Morgan fingerprint density at radius 2 is 2.03 bits per heavy atom. The molecule has 3 rings (SSSR count). The Morgan fingerprint density at radius 3 is 2.77 bits per heavy atom. The second-order valence-corrected chi connectivity index (χ2v) is 6.93. The van der Waals surface area contributed by atoms with Crippen LogP contribution in [0.2, 0.25) is 5.02 Å². The summed E-state index contributed by atoms with van der Waals surface area (Å²) in [5.41, 5.74) is 3.98. The van der Waals surface area contributed by atoms with E-state index in [2.05, 4.69) is 38.0 Å². The van der Waals surface area contributed by atoms with Gasteiger partial charge in [-0.15, -0.1) is 0 Å². The lowest BCUT2D eigenvalue weighted by Crippen LogP contribution is -2.23. The first-order valence-electron chi connectivity index (χ1n) is 9.28. The molecule has 0 aliphatic rings. The number of benzene rings is 1. The highest BCUT2D eigenvalue weighted by Gasteiger charge is 2.15. The normalized spacial score (nSPS) is 10.7. The molecule has 3 N–H and O–H groups in total. The van der Waals surface area contributed by atoms with Crippen molar-refractivity contribution in [3.63, 3.8) is 0 Å². The average molecular weight is 433 g/mol. The first-order chi connectivity index (χ1) is 14.4. The number of nitrogens with zero attached hydrogens (tertiary/aromatic N) is 3. The SMILES string of the molecule is CCCn1nc(C)cc1Nc1cc(Nc2ccc(F)cc2C(=O)NOC)c(Cl)cn1. The van der Waals surface area contributed by atoms with Crippen molar-refractivity contribution in [2.75, 3.05) is 17.7 Å². The molecule has 8 nitrogen and oxygen atoms in total. The second kappa shape index (κ2) is 9.55. The number of halogens is 2. The summed E-state index contributed by atoms with van der Waals surface area (Å²) in [6.07, 6.45) is 2.42. The van der Waals surface area contributed by atoms with E-state index in [0.29, 0.717) is 22.2 Å². The van der Waals surface area contributed by atoms with Crippen molar-refractivity contribution in [3.8, 4) is 0 Å². The summed E-state index contributed by atoms with van der Waals surface area (Å²) in [6.45, 7) is 4.76. The number of pyridine rings is 1. The molecule has 2 heterocycles. The predicted molar refractivity (Wildman–Crippen MR) is 114 cm³/mol. The standard InChI is InChI=1S/C20H22ClFN6O2/c1-4-7-28-19(8-12(2)26-28)25-18-10-17(15(21)11-23-18)24-16-6-5-13(22)9-14(16)20(29)27-30-3/h5-6,8-11H,4,7H2,1-3H3,(H,27,29)(H2,23,24,25). The molecule has 0 fully saturated rings. The van der Waals surface area contributed by atoms with E-state index in [0.717, 1.165) is 30.5 Å². The van der Waals surface area contributed by atoms with Gasteiger partial charge in [-0.2, -0.15) is 5.10 Å². The monoisotopic (exact) mass is 432 g/mol. The van der Waals surface area contributed by atoms with E-state index < -0.39 is 11.7 Å². The fourth-order valence-corrected chi connectivity index (χ4v) is 3.02. The molecule has 30 heavy (non-hydrogen) atoms. The topological polar surface area (TPSA) is 93.1 Å². The number of carbonyl (C=O) groups is 1. The minimum absolute atomic E-state index is 0.0656. The lowest BCUT2D eigenvalue weighted by Gasteiger charge is -2.14. The largest absolute Gasteiger partial charge is 0.353 e. The second-order valence-electron chi connectivity index (χ2n) is 6.52. The quantitative estimate of drug-likeness (QED) is 0.451. The van der Waals surface area contributed by atoms with Crippen LogP contribution in [0, 0.1) is 12.7 Å². The summed E-state index contributed by atoms with van der Waals surface area (Å²) < 4.78 is 15.5. The van der Waals surface area contributed by atoms with Gasteiger partial charge in [0, 0.05) is 18.7 Å². The van der Waals surface area contributed by atoms with Crippen molar-refractivity contribution in [2.24, 2.45) is 0 Å². The van der Waals surface area contributed by atoms with Gasteiger partial charge in [-0.3, -0.25) is 9.63 Å². The Bertz CT molecular complexity index is 1060. The van der Waals surface area contributed by atoms with E-state index >= 15 is 0 Å². The Balaban J connectivity index is 1.89. The molecule has 0 aliphatic heterocycles. The molecule has 1 aromatic carbocycles. The highest BCUT2D eigenvalue weighted by molar-refractivity contribution is 6.33. The molecule has 3 aromatic rings. The molecule has 1 amide bonds. The maximum absolute atomic E-state index is 13.7. The molecule has 0 saturated heterocycles. The molecule has 0 spiro atoms. The molecule has 0 atom stereocenters. The van der Waals surface area contributed by atoms with E-state index in [-0.39, 0.29) is 5.56 Å². The maximum atomic E-state index is 13.7. The first-order valence-corrected chi connectivity index (χ1v) is 9.66. The van der Waals surface area contributed by atoms with Crippen LogP contribution in [0.5, 0.6) is 0 Å². The van der Waals surface area contributed by atoms with Gasteiger partial charge in [-0.05, 0) is 31.5 Å². The van der Waals surface area contributed by atoms with Crippen molar-refractivity contribution < 1.29 is 14.0 Å². The molecule has 0 radical (unpaired) electrons. The summed E-state index contributed by atoms with van der Waals surface area (Å²) >= 11 is 6.29. The minimum atomic E-state index is -0.595. The van der Waals surface area contributed by atoms with Crippen LogP contribution in [-0.4, -0.2) is 27.8 Å². The molecule has 10 heteroatoms. The predicted octanol–water partition coefficient (Wildman–Crippen LogP) is 4.57. The number of anilines is 4. The third-order valence-electron chi connectivity index (χ3n) is 4.14. The third kappa shape index (κ3) is 5.05. The van der Waals surface area contributed by atoms with Gasteiger partial charge in [0.15, 0.2) is 0 Å². The number of carbonyl (C=O) groups excluding carboxylic acids is 1. The van der Waals surface area contributed by atoms with E-state index in [1.807, 2.05) is 17.7 Å². The Morgan fingerprint density at radius 1 is 1.23 bits per heavy atom. The Labute approximate surface area is 178 Å². The minimum Gasteiger partial charge on any atom is -0.353 e. The van der Waals surface area contributed by atoms with E-state index in [9.17, 15) is 9.18 Å². The van der Waals surface area contributed by atoms with Crippen molar-refractivity contribution in [1.82, 2.24) is 20.2 Å². The zero-order valence-electron chi connectivity index (χ0n) is 16.8. The third-order valence-corrected chi connectivity index (χ3v) is 4.44. The number of hydrogen-bond acceptors (Lipinski definition) is 6. The molecule has 2 aromatic heterocycles. The molecule has 158 valence electrons. The Hall–Kier alpha value is -3.17. The summed E-state index contributed by atoms with van der Waals surface area (Å²) in [5.74, 6) is 0.188. The lowest BCUT2D eigenvalue weighted by atomic mass is 10.1. The van der Waals surface area contributed by atoms with Gasteiger partial charge in [0.25, 0.3) is 5.91 Å². The average Bonchev–Trinajstić information content (AvgIpc) is 3.05. The van der Waals surface area contributed by atoms with Crippen LogP contribution >= 0.6 is 11.6 Å². The highest BCUT2D eigenvalue weighted by Crippen LogP contribution is 2.30. The molecule has 0 bridgehead atoms. The Kier molecular flexibility index (Phi) is 6.86. The van der Waals surface area contributed by atoms with Gasteiger partial charge in [0.1, 0.15) is 17.5 Å². The van der Waals surface area contributed by atoms with Gasteiger partial charge in [0.2, 0.25) is 0 Å². The first kappa shape index (κ1) is 21.5. The molecule has 0 aliphatic carbocycles. The van der Waals surface area contributed by atoms with Crippen molar-refractivity contribution in [3.05, 3.63) is 58.6 Å².